The summed E-state index contributed by atoms with van der Waals surface area (Å²) in [5.41, 5.74) is 6.77. The maximum absolute atomic E-state index is 12.5. The molecule has 21 heavy (non-hydrogen) atoms. The molecule has 1 aliphatic rings. The van der Waals surface area contributed by atoms with Crippen molar-refractivity contribution in [1.29, 1.82) is 0 Å². The first kappa shape index (κ1) is 16.1. The lowest BCUT2D eigenvalue weighted by Crippen LogP contribution is -2.50. The van der Waals surface area contributed by atoms with Gasteiger partial charge in [-0.3, -0.25) is 9.69 Å². The van der Waals surface area contributed by atoms with Crippen LogP contribution in [0.2, 0.25) is 5.02 Å². The fourth-order valence-corrected chi connectivity index (χ4v) is 2.70. The van der Waals surface area contributed by atoms with Crippen LogP contribution in [0.15, 0.2) is 18.2 Å². The summed E-state index contributed by atoms with van der Waals surface area (Å²) in [6, 6.07) is 5.18. The van der Waals surface area contributed by atoms with Crippen molar-refractivity contribution in [3.05, 3.63) is 28.8 Å². The summed E-state index contributed by atoms with van der Waals surface area (Å²) in [5.74, 6) is -0.0645. The van der Waals surface area contributed by atoms with Gasteiger partial charge in [0.05, 0.1) is 10.6 Å². The second kappa shape index (κ2) is 7.11. The fraction of sp³-hybridized carbons (Fsp3) is 0.533. The van der Waals surface area contributed by atoms with Gasteiger partial charge < -0.3 is 15.5 Å². The van der Waals surface area contributed by atoms with Gasteiger partial charge in [0.1, 0.15) is 0 Å². The third-order valence-electron chi connectivity index (χ3n) is 3.78. The van der Waals surface area contributed by atoms with E-state index in [0.29, 0.717) is 16.3 Å². The molecule has 1 fully saturated rings. The number of hydrogen-bond acceptors (Lipinski definition) is 4. The molecule has 0 aromatic heterocycles. The highest BCUT2D eigenvalue weighted by molar-refractivity contribution is 6.34. The number of carbonyl (C=O) groups is 1. The molecule has 1 saturated heterocycles. The summed E-state index contributed by atoms with van der Waals surface area (Å²) in [6.45, 7) is 5.29. The van der Waals surface area contributed by atoms with Gasteiger partial charge in [-0.2, -0.15) is 0 Å². The number of nitrogens with zero attached hydrogens (tertiary/aromatic N) is 3. The zero-order valence-electron chi connectivity index (χ0n) is 12.7. The van der Waals surface area contributed by atoms with Crippen molar-refractivity contribution in [1.82, 2.24) is 14.7 Å². The minimum atomic E-state index is -0.0645. The lowest BCUT2D eigenvalue weighted by atomic mass is 10.1. The number of nitrogens with two attached hydrogens (primary N) is 1. The van der Waals surface area contributed by atoms with E-state index in [0.717, 1.165) is 39.3 Å². The minimum Gasteiger partial charge on any atom is -0.398 e. The molecule has 0 radical (unpaired) electrons. The smallest absolute Gasteiger partial charge is 0.257 e. The van der Waals surface area contributed by atoms with E-state index in [4.69, 9.17) is 17.3 Å². The molecule has 0 saturated carbocycles. The van der Waals surface area contributed by atoms with Crippen molar-refractivity contribution in [2.75, 3.05) is 59.1 Å². The van der Waals surface area contributed by atoms with E-state index >= 15 is 0 Å². The Morgan fingerprint density at radius 2 is 1.95 bits per heavy atom. The Morgan fingerprint density at radius 3 is 2.52 bits per heavy atom. The van der Waals surface area contributed by atoms with E-state index < -0.39 is 0 Å². The van der Waals surface area contributed by atoms with Crippen molar-refractivity contribution in [3.63, 3.8) is 0 Å². The zero-order valence-corrected chi connectivity index (χ0v) is 13.4. The predicted octanol–water partition coefficient (Wildman–Crippen LogP) is 1.24. The molecule has 0 unspecified atom stereocenters. The van der Waals surface area contributed by atoms with Gasteiger partial charge in [0.2, 0.25) is 0 Å². The predicted molar refractivity (Wildman–Crippen MR) is 86.8 cm³/mol. The quantitative estimate of drug-likeness (QED) is 0.850. The van der Waals surface area contributed by atoms with Crippen LogP contribution in [0.25, 0.3) is 0 Å². The Morgan fingerprint density at radius 1 is 1.29 bits per heavy atom. The third kappa shape index (κ3) is 4.09. The number of carbonyl (C=O) groups excluding carboxylic acids is 1. The number of piperazine rings is 1. The highest BCUT2D eigenvalue weighted by atomic mass is 35.5. The van der Waals surface area contributed by atoms with Crippen LogP contribution in [-0.2, 0) is 0 Å². The Kier molecular flexibility index (Phi) is 5.45. The molecule has 6 heteroatoms. The first-order chi connectivity index (χ1) is 9.99. The van der Waals surface area contributed by atoms with Crippen LogP contribution < -0.4 is 5.73 Å². The molecule has 2 rings (SSSR count). The van der Waals surface area contributed by atoms with Gasteiger partial charge in [0, 0.05) is 45.0 Å². The largest absolute Gasteiger partial charge is 0.398 e. The summed E-state index contributed by atoms with van der Waals surface area (Å²) >= 11 is 6.11. The topological polar surface area (TPSA) is 52.8 Å². The van der Waals surface area contributed by atoms with E-state index in [2.05, 4.69) is 23.9 Å². The Labute approximate surface area is 131 Å². The normalized spacial score (nSPS) is 16.5. The molecule has 1 aliphatic heterocycles. The number of likely N-dealkylation sites (N-methyl/N-ethyl adjacent to an activating group) is 1. The van der Waals surface area contributed by atoms with E-state index in [9.17, 15) is 4.79 Å². The van der Waals surface area contributed by atoms with Crippen LogP contribution in [0.3, 0.4) is 0 Å². The van der Waals surface area contributed by atoms with Gasteiger partial charge in [0.15, 0.2) is 0 Å². The van der Waals surface area contributed by atoms with Crippen molar-refractivity contribution >= 4 is 23.2 Å². The molecular formula is C15H23ClN4O. The van der Waals surface area contributed by atoms with Gasteiger partial charge in [-0.15, -0.1) is 0 Å². The van der Waals surface area contributed by atoms with Crippen molar-refractivity contribution in [2.24, 2.45) is 0 Å². The van der Waals surface area contributed by atoms with Crippen LogP contribution in [0.4, 0.5) is 5.69 Å². The van der Waals surface area contributed by atoms with Crippen molar-refractivity contribution < 1.29 is 4.79 Å². The average molecular weight is 311 g/mol. The fourth-order valence-electron chi connectivity index (χ4n) is 2.44. The molecule has 116 valence electrons. The molecule has 5 nitrogen and oxygen atoms in total. The Balaban J connectivity index is 1.94. The van der Waals surface area contributed by atoms with Gasteiger partial charge in [0.25, 0.3) is 5.91 Å². The Hall–Kier alpha value is -1.30. The van der Waals surface area contributed by atoms with Crippen LogP contribution in [0.1, 0.15) is 10.4 Å². The van der Waals surface area contributed by atoms with E-state index in [-0.39, 0.29) is 5.91 Å². The second-order valence-corrected chi connectivity index (χ2v) is 6.05. The van der Waals surface area contributed by atoms with E-state index in [1.54, 1.807) is 18.2 Å². The first-order valence-corrected chi connectivity index (χ1v) is 7.57. The van der Waals surface area contributed by atoms with Crippen LogP contribution in [-0.4, -0.2) is 74.0 Å². The SMILES string of the molecule is CN(C)CCN1CCN(C(=O)c2c(N)cccc2Cl)CC1. The molecule has 1 amide bonds. The number of amides is 1. The second-order valence-electron chi connectivity index (χ2n) is 5.64. The molecule has 1 aromatic carbocycles. The number of anilines is 1. The summed E-state index contributed by atoms with van der Waals surface area (Å²) in [6.07, 6.45) is 0. The summed E-state index contributed by atoms with van der Waals surface area (Å²) < 4.78 is 0. The molecule has 1 aromatic rings. The van der Waals surface area contributed by atoms with E-state index in [1.807, 2.05) is 4.90 Å². The van der Waals surface area contributed by atoms with Gasteiger partial charge in [-0.05, 0) is 26.2 Å². The highest BCUT2D eigenvalue weighted by Gasteiger charge is 2.24. The number of rotatable bonds is 4. The molecule has 0 spiro atoms. The number of hydrogen-bond donors (Lipinski definition) is 1. The minimum absolute atomic E-state index is 0.0645. The summed E-state index contributed by atoms with van der Waals surface area (Å²) in [4.78, 5) is 18.9. The Bertz CT molecular complexity index is 478. The number of nitrogen functional groups attached to an aromatic ring is 1. The van der Waals surface area contributed by atoms with Crippen molar-refractivity contribution in [3.8, 4) is 0 Å². The molecular weight excluding hydrogens is 288 g/mol. The van der Waals surface area contributed by atoms with Gasteiger partial charge >= 0.3 is 0 Å². The number of halogens is 1. The molecule has 0 bridgehead atoms. The lowest BCUT2D eigenvalue weighted by Gasteiger charge is -2.35. The summed E-state index contributed by atoms with van der Waals surface area (Å²) in [7, 11) is 4.14. The van der Waals surface area contributed by atoms with Crippen LogP contribution in [0.5, 0.6) is 0 Å². The maximum Gasteiger partial charge on any atom is 0.257 e. The van der Waals surface area contributed by atoms with Gasteiger partial charge in [-0.25, -0.2) is 0 Å². The molecule has 0 aliphatic carbocycles. The monoisotopic (exact) mass is 310 g/mol. The summed E-state index contributed by atoms with van der Waals surface area (Å²) in [5, 5.41) is 0.426. The standard InChI is InChI=1S/C15H23ClN4O/c1-18(2)6-7-19-8-10-20(11-9-19)15(21)14-12(16)4-3-5-13(14)17/h3-5H,6-11,17H2,1-2H3. The third-order valence-corrected chi connectivity index (χ3v) is 4.10. The van der Waals surface area contributed by atoms with Crippen molar-refractivity contribution in [2.45, 2.75) is 0 Å². The lowest BCUT2D eigenvalue weighted by molar-refractivity contribution is 0.0631. The first-order valence-electron chi connectivity index (χ1n) is 7.19. The molecule has 0 atom stereocenters. The van der Waals surface area contributed by atoms with Gasteiger partial charge in [-0.1, -0.05) is 17.7 Å². The highest BCUT2D eigenvalue weighted by Crippen LogP contribution is 2.24. The maximum atomic E-state index is 12.5. The molecule has 1 heterocycles. The molecule has 2 N–H and O–H groups in total. The zero-order chi connectivity index (χ0) is 15.4. The van der Waals surface area contributed by atoms with E-state index in [1.165, 1.54) is 0 Å². The average Bonchev–Trinajstić information content (AvgIpc) is 2.45. The number of benzene rings is 1. The van der Waals surface area contributed by atoms with Crippen LogP contribution >= 0.6 is 11.6 Å². The van der Waals surface area contributed by atoms with Crippen LogP contribution in [0, 0.1) is 0 Å².